The molecular weight excluding hydrogens is 415 g/mol. The van der Waals surface area contributed by atoms with Crippen molar-refractivity contribution in [2.75, 3.05) is 12.4 Å². The van der Waals surface area contributed by atoms with Crippen molar-refractivity contribution in [1.82, 2.24) is 9.55 Å². The van der Waals surface area contributed by atoms with E-state index < -0.39 is 29.8 Å². The SMILES string of the molecule is COc1cc(C)ccc1Oc1ccc(NC(=O)Cn2cccc(C(F)(F)F)c2=O)cn1. The molecule has 0 radical (unpaired) electrons. The molecule has 1 N–H and O–H groups in total. The number of carbonyl (C=O) groups is 1. The van der Waals surface area contributed by atoms with E-state index in [9.17, 15) is 22.8 Å². The number of ether oxygens (including phenoxy) is 2. The van der Waals surface area contributed by atoms with Crippen molar-refractivity contribution < 1.29 is 27.4 Å². The number of aryl methyl sites for hydroxylation is 1. The fourth-order valence-electron chi connectivity index (χ4n) is 2.72. The van der Waals surface area contributed by atoms with Crippen molar-refractivity contribution in [3.63, 3.8) is 0 Å². The molecule has 10 heteroatoms. The molecule has 0 atom stereocenters. The van der Waals surface area contributed by atoms with Crippen molar-refractivity contribution in [2.24, 2.45) is 0 Å². The molecule has 0 aliphatic rings. The van der Waals surface area contributed by atoms with Gasteiger partial charge in [0.25, 0.3) is 5.56 Å². The molecule has 0 spiro atoms. The lowest BCUT2D eigenvalue weighted by Gasteiger charge is -2.12. The molecule has 0 saturated heterocycles. The number of carbonyl (C=O) groups excluding carboxylic acids is 1. The summed E-state index contributed by atoms with van der Waals surface area (Å²) in [4.78, 5) is 28.2. The summed E-state index contributed by atoms with van der Waals surface area (Å²) in [6.45, 7) is 1.33. The minimum atomic E-state index is -4.80. The fraction of sp³-hybridized carbons (Fsp3) is 0.190. The smallest absolute Gasteiger partial charge is 0.421 e. The average Bonchev–Trinajstić information content (AvgIpc) is 2.71. The van der Waals surface area contributed by atoms with Gasteiger partial charge in [-0.1, -0.05) is 6.07 Å². The Morgan fingerprint density at radius 1 is 1.16 bits per heavy atom. The minimum absolute atomic E-state index is 0.245. The van der Waals surface area contributed by atoms with Gasteiger partial charge in [0.1, 0.15) is 12.1 Å². The minimum Gasteiger partial charge on any atom is -0.493 e. The van der Waals surface area contributed by atoms with Crippen LogP contribution < -0.4 is 20.3 Å². The van der Waals surface area contributed by atoms with Crippen LogP contribution in [0.25, 0.3) is 0 Å². The number of anilines is 1. The van der Waals surface area contributed by atoms with Crippen LogP contribution in [0.3, 0.4) is 0 Å². The Labute approximate surface area is 175 Å². The number of hydrogen-bond donors (Lipinski definition) is 1. The molecule has 0 unspecified atom stereocenters. The van der Waals surface area contributed by atoms with Crippen LogP contribution in [0.15, 0.2) is 59.7 Å². The zero-order chi connectivity index (χ0) is 22.6. The van der Waals surface area contributed by atoms with Gasteiger partial charge in [-0.3, -0.25) is 9.59 Å². The predicted octanol–water partition coefficient (Wildman–Crippen LogP) is 4.01. The molecule has 2 aromatic heterocycles. The molecule has 3 aromatic rings. The summed E-state index contributed by atoms with van der Waals surface area (Å²) in [5, 5.41) is 2.47. The Balaban J connectivity index is 1.67. The second-order valence-corrected chi connectivity index (χ2v) is 6.54. The Morgan fingerprint density at radius 2 is 1.94 bits per heavy atom. The van der Waals surface area contributed by atoms with Crippen LogP contribution in [-0.4, -0.2) is 22.6 Å². The number of nitrogens with zero attached hydrogens (tertiary/aromatic N) is 2. The van der Waals surface area contributed by atoms with Crippen LogP contribution in [0, 0.1) is 6.92 Å². The van der Waals surface area contributed by atoms with E-state index in [0.717, 1.165) is 17.8 Å². The normalized spacial score (nSPS) is 11.1. The van der Waals surface area contributed by atoms with Crippen LogP contribution in [0.5, 0.6) is 17.4 Å². The number of benzene rings is 1. The van der Waals surface area contributed by atoms with Crippen molar-refractivity contribution in [2.45, 2.75) is 19.6 Å². The van der Waals surface area contributed by atoms with Crippen molar-refractivity contribution in [3.8, 4) is 17.4 Å². The Morgan fingerprint density at radius 3 is 2.58 bits per heavy atom. The number of aromatic nitrogens is 2. The highest BCUT2D eigenvalue weighted by molar-refractivity contribution is 5.90. The molecule has 0 aliphatic heterocycles. The number of pyridine rings is 2. The first-order valence-corrected chi connectivity index (χ1v) is 9.02. The number of hydrogen-bond acceptors (Lipinski definition) is 5. The molecule has 0 fully saturated rings. The first-order chi connectivity index (χ1) is 14.7. The lowest BCUT2D eigenvalue weighted by molar-refractivity contribution is -0.139. The quantitative estimate of drug-likeness (QED) is 0.635. The molecule has 0 bridgehead atoms. The molecule has 162 valence electrons. The van der Waals surface area contributed by atoms with E-state index in [4.69, 9.17) is 9.47 Å². The largest absolute Gasteiger partial charge is 0.493 e. The molecule has 0 aliphatic carbocycles. The van der Waals surface area contributed by atoms with Gasteiger partial charge in [0.2, 0.25) is 11.8 Å². The molecule has 0 saturated carbocycles. The first kappa shape index (κ1) is 21.9. The van der Waals surface area contributed by atoms with Gasteiger partial charge < -0.3 is 19.4 Å². The van der Waals surface area contributed by atoms with Crippen LogP contribution in [0.4, 0.5) is 18.9 Å². The van der Waals surface area contributed by atoms with Crippen LogP contribution in [-0.2, 0) is 17.5 Å². The standard InChI is InChI=1S/C21H18F3N3O4/c1-13-5-7-16(17(10-13)30-2)31-19-8-6-14(11-25-19)26-18(28)12-27-9-3-4-15(20(27)29)21(22,23)24/h3-11H,12H2,1-2H3,(H,26,28). The number of alkyl halides is 3. The fourth-order valence-corrected chi connectivity index (χ4v) is 2.72. The summed E-state index contributed by atoms with van der Waals surface area (Å²) in [5.41, 5.74) is -1.35. The third kappa shape index (κ3) is 5.41. The zero-order valence-electron chi connectivity index (χ0n) is 16.6. The molecule has 3 rings (SSSR count). The summed E-state index contributed by atoms with van der Waals surface area (Å²) in [7, 11) is 1.52. The molecule has 31 heavy (non-hydrogen) atoms. The van der Waals surface area contributed by atoms with E-state index in [1.807, 2.05) is 13.0 Å². The van der Waals surface area contributed by atoms with Crippen molar-refractivity contribution in [1.29, 1.82) is 0 Å². The summed E-state index contributed by atoms with van der Waals surface area (Å²) in [5.74, 6) is 0.554. The molecule has 2 heterocycles. The Hall–Kier alpha value is -3.82. The molecule has 1 aromatic carbocycles. The Kier molecular flexibility index (Phi) is 6.28. The number of methoxy groups -OCH3 is 1. The summed E-state index contributed by atoms with van der Waals surface area (Å²) in [6, 6.07) is 10.1. The average molecular weight is 433 g/mol. The second-order valence-electron chi connectivity index (χ2n) is 6.54. The lowest BCUT2D eigenvalue weighted by atomic mass is 10.2. The van der Waals surface area contributed by atoms with Crippen molar-refractivity contribution >= 4 is 11.6 Å². The van der Waals surface area contributed by atoms with Gasteiger partial charge in [0.15, 0.2) is 11.5 Å². The van der Waals surface area contributed by atoms with E-state index in [1.54, 1.807) is 12.1 Å². The van der Waals surface area contributed by atoms with Gasteiger partial charge in [-0.05, 0) is 42.8 Å². The summed E-state index contributed by atoms with van der Waals surface area (Å²) < 4.78 is 50.1. The lowest BCUT2D eigenvalue weighted by Crippen LogP contribution is -2.31. The van der Waals surface area contributed by atoms with E-state index in [-0.39, 0.29) is 11.6 Å². The Bertz CT molecular complexity index is 1140. The van der Waals surface area contributed by atoms with E-state index >= 15 is 0 Å². The van der Waals surface area contributed by atoms with Gasteiger partial charge in [0.05, 0.1) is 19.0 Å². The van der Waals surface area contributed by atoms with Gasteiger partial charge in [0, 0.05) is 12.3 Å². The van der Waals surface area contributed by atoms with Gasteiger partial charge >= 0.3 is 6.18 Å². The van der Waals surface area contributed by atoms with E-state index in [0.29, 0.717) is 22.1 Å². The maximum atomic E-state index is 12.8. The van der Waals surface area contributed by atoms with Gasteiger partial charge in [-0.2, -0.15) is 13.2 Å². The molecule has 1 amide bonds. The van der Waals surface area contributed by atoms with Crippen molar-refractivity contribution in [3.05, 3.63) is 76.3 Å². The zero-order valence-corrected chi connectivity index (χ0v) is 16.6. The maximum absolute atomic E-state index is 12.8. The monoisotopic (exact) mass is 433 g/mol. The molecule has 7 nitrogen and oxygen atoms in total. The number of rotatable bonds is 6. The number of halogens is 3. The second kappa shape index (κ2) is 8.90. The summed E-state index contributed by atoms with van der Waals surface area (Å²) >= 11 is 0. The van der Waals surface area contributed by atoms with E-state index in [1.165, 1.54) is 25.4 Å². The third-order valence-electron chi connectivity index (χ3n) is 4.19. The number of amides is 1. The topological polar surface area (TPSA) is 82.5 Å². The molecular formula is C21H18F3N3O4. The number of nitrogens with one attached hydrogen (secondary N) is 1. The first-order valence-electron chi connectivity index (χ1n) is 9.02. The van der Waals surface area contributed by atoms with Gasteiger partial charge in [-0.25, -0.2) is 4.98 Å². The highest BCUT2D eigenvalue weighted by Crippen LogP contribution is 2.31. The third-order valence-corrected chi connectivity index (χ3v) is 4.19. The van der Waals surface area contributed by atoms with Gasteiger partial charge in [-0.15, -0.1) is 0 Å². The van der Waals surface area contributed by atoms with Crippen LogP contribution >= 0.6 is 0 Å². The highest BCUT2D eigenvalue weighted by atomic mass is 19.4. The van der Waals surface area contributed by atoms with Crippen LogP contribution in [0.1, 0.15) is 11.1 Å². The predicted molar refractivity (Wildman–Crippen MR) is 106 cm³/mol. The van der Waals surface area contributed by atoms with E-state index in [2.05, 4.69) is 10.3 Å². The van der Waals surface area contributed by atoms with Crippen LogP contribution in [0.2, 0.25) is 0 Å². The highest BCUT2D eigenvalue weighted by Gasteiger charge is 2.34. The maximum Gasteiger partial charge on any atom is 0.421 e. The summed E-state index contributed by atoms with van der Waals surface area (Å²) in [6.07, 6.45) is -2.36.